The molecule has 2 aromatic carbocycles. The van der Waals surface area contributed by atoms with Crippen molar-refractivity contribution in [1.82, 2.24) is 0 Å². The van der Waals surface area contributed by atoms with Crippen LogP contribution in [0.1, 0.15) is 10.4 Å². The first-order valence-electron chi connectivity index (χ1n) is 5.99. The predicted molar refractivity (Wildman–Crippen MR) is 79.5 cm³/mol. The molecule has 0 spiro atoms. The van der Waals surface area contributed by atoms with E-state index in [-0.39, 0.29) is 5.78 Å². The highest BCUT2D eigenvalue weighted by molar-refractivity contribution is 6.31. The lowest BCUT2D eigenvalue weighted by Gasteiger charge is -2.03. The number of rotatable bonds is 4. The van der Waals surface area contributed by atoms with Crippen molar-refractivity contribution in [3.8, 4) is 6.07 Å². The summed E-state index contributed by atoms with van der Waals surface area (Å²) >= 11 is 5.84. The number of benzene rings is 2. The number of nitriles is 1. The van der Waals surface area contributed by atoms with Gasteiger partial charge in [0.25, 0.3) is 0 Å². The summed E-state index contributed by atoms with van der Waals surface area (Å²) in [7, 11) is 0. The molecule has 0 saturated carbocycles. The van der Waals surface area contributed by atoms with E-state index in [9.17, 15) is 4.79 Å². The van der Waals surface area contributed by atoms with Crippen molar-refractivity contribution in [2.75, 3.05) is 0 Å². The number of para-hydroxylation sites is 1. The number of Topliss-reactive ketones (excluding diaryl/α,β-unsaturated/α-hetero) is 1. The average Bonchev–Trinajstić information content (AvgIpc) is 2.48. The molecule has 2 rings (SSSR count). The van der Waals surface area contributed by atoms with E-state index < -0.39 is 5.92 Å². The second-order valence-corrected chi connectivity index (χ2v) is 4.53. The van der Waals surface area contributed by atoms with E-state index in [1.807, 2.05) is 24.3 Å². The van der Waals surface area contributed by atoms with Crippen molar-refractivity contribution < 1.29 is 4.79 Å². The number of halogens is 1. The normalized spacial score (nSPS) is 12.0. The smallest absolute Gasteiger partial charge is 0.185 e. The number of nitrogens with zero attached hydrogens (tertiary/aromatic N) is 2. The molecule has 20 heavy (non-hydrogen) atoms. The highest BCUT2D eigenvalue weighted by Crippen LogP contribution is 2.15. The van der Waals surface area contributed by atoms with Gasteiger partial charge in [-0.15, -0.1) is 0 Å². The zero-order valence-electron chi connectivity index (χ0n) is 10.5. The van der Waals surface area contributed by atoms with Gasteiger partial charge in [0.15, 0.2) is 5.78 Å². The van der Waals surface area contributed by atoms with Gasteiger partial charge in [-0.3, -0.25) is 9.79 Å². The molecule has 0 aliphatic heterocycles. The molecule has 0 heterocycles. The lowest BCUT2D eigenvalue weighted by atomic mass is 10.00. The minimum absolute atomic E-state index is 0.310. The van der Waals surface area contributed by atoms with E-state index in [4.69, 9.17) is 16.9 Å². The summed E-state index contributed by atoms with van der Waals surface area (Å²) in [4.78, 5) is 16.3. The van der Waals surface area contributed by atoms with Crippen molar-refractivity contribution in [1.29, 1.82) is 5.26 Å². The van der Waals surface area contributed by atoms with Gasteiger partial charge < -0.3 is 0 Å². The lowest BCUT2D eigenvalue weighted by molar-refractivity contribution is 0.0976. The molecule has 98 valence electrons. The summed E-state index contributed by atoms with van der Waals surface area (Å²) in [5.41, 5.74) is 1.11. The van der Waals surface area contributed by atoms with Crippen molar-refractivity contribution in [2.24, 2.45) is 10.9 Å². The average molecular weight is 283 g/mol. The summed E-state index contributed by atoms with van der Waals surface area (Å²) in [5, 5.41) is 9.58. The summed E-state index contributed by atoms with van der Waals surface area (Å²) in [6.45, 7) is 0. The molecule has 0 aliphatic rings. The summed E-state index contributed by atoms with van der Waals surface area (Å²) < 4.78 is 0. The molecule has 1 atom stereocenters. The molecule has 1 unspecified atom stereocenters. The summed E-state index contributed by atoms with van der Waals surface area (Å²) in [6.07, 6.45) is 1.36. The monoisotopic (exact) mass is 282 g/mol. The zero-order chi connectivity index (χ0) is 14.4. The summed E-state index contributed by atoms with van der Waals surface area (Å²) in [5.74, 6) is -1.23. The van der Waals surface area contributed by atoms with Crippen molar-refractivity contribution in [3.63, 3.8) is 0 Å². The third kappa shape index (κ3) is 3.53. The molecule has 0 saturated heterocycles. The van der Waals surface area contributed by atoms with Gasteiger partial charge >= 0.3 is 0 Å². The third-order valence-electron chi connectivity index (χ3n) is 2.66. The Balaban J connectivity index is 2.19. The summed E-state index contributed by atoms with van der Waals surface area (Å²) in [6, 6.07) is 17.6. The van der Waals surface area contributed by atoms with Crippen LogP contribution in [0, 0.1) is 17.2 Å². The Labute approximate surface area is 122 Å². The molecule has 2 aromatic rings. The Kier molecular flexibility index (Phi) is 4.65. The van der Waals surface area contributed by atoms with Crippen LogP contribution in [-0.2, 0) is 0 Å². The van der Waals surface area contributed by atoms with E-state index in [1.165, 1.54) is 6.21 Å². The van der Waals surface area contributed by atoms with Gasteiger partial charge in [0, 0.05) is 16.8 Å². The van der Waals surface area contributed by atoms with Gasteiger partial charge in [-0.2, -0.15) is 5.26 Å². The Hall–Kier alpha value is -2.44. The molecule has 3 nitrogen and oxygen atoms in total. The van der Waals surface area contributed by atoms with Crippen LogP contribution >= 0.6 is 11.6 Å². The molecular formula is C16H11ClN2O. The van der Waals surface area contributed by atoms with E-state index >= 15 is 0 Å². The molecule has 0 aromatic heterocycles. The van der Waals surface area contributed by atoms with Crippen LogP contribution in [0.5, 0.6) is 0 Å². The third-order valence-corrected chi connectivity index (χ3v) is 2.89. The molecule has 0 fully saturated rings. The molecule has 0 bridgehead atoms. The van der Waals surface area contributed by atoms with Crippen LogP contribution in [0.15, 0.2) is 59.6 Å². The van der Waals surface area contributed by atoms with Crippen LogP contribution in [0.4, 0.5) is 5.69 Å². The molecular weight excluding hydrogens is 272 g/mol. The number of hydrogen-bond acceptors (Lipinski definition) is 3. The minimum Gasteiger partial charge on any atom is -0.292 e. The largest absolute Gasteiger partial charge is 0.292 e. The number of carbonyl (C=O) groups is 1. The van der Waals surface area contributed by atoms with E-state index in [0.29, 0.717) is 16.3 Å². The molecule has 4 heteroatoms. The topological polar surface area (TPSA) is 53.2 Å². The molecule has 0 N–H and O–H groups in total. The quantitative estimate of drug-likeness (QED) is 0.627. The number of aliphatic imine (C=N–C) groups is 1. The van der Waals surface area contributed by atoms with E-state index in [0.717, 1.165) is 0 Å². The molecule has 0 aliphatic carbocycles. The maximum Gasteiger partial charge on any atom is 0.185 e. The van der Waals surface area contributed by atoms with Crippen molar-refractivity contribution in [2.45, 2.75) is 0 Å². The molecule has 0 radical (unpaired) electrons. The number of ketones is 1. The number of hydrogen-bond donors (Lipinski definition) is 0. The standard InChI is InChI=1S/C16H11ClN2O/c17-14-6-4-5-12(9-14)16(20)13(10-18)11-19-15-7-2-1-3-8-15/h1-9,11,13H. The van der Waals surface area contributed by atoms with Crippen LogP contribution < -0.4 is 0 Å². The van der Waals surface area contributed by atoms with Crippen molar-refractivity contribution in [3.05, 3.63) is 65.2 Å². The second kappa shape index (κ2) is 6.65. The highest BCUT2D eigenvalue weighted by atomic mass is 35.5. The Morgan fingerprint density at radius 2 is 1.95 bits per heavy atom. The van der Waals surface area contributed by atoms with Crippen molar-refractivity contribution >= 4 is 29.3 Å². The minimum atomic E-state index is -0.923. The Morgan fingerprint density at radius 3 is 2.60 bits per heavy atom. The zero-order valence-corrected chi connectivity index (χ0v) is 11.3. The lowest BCUT2D eigenvalue weighted by Crippen LogP contribution is -2.14. The fourth-order valence-corrected chi connectivity index (χ4v) is 1.85. The van der Waals surface area contributed by atoms with Gasteiger partial charge in [0.05, 0.1) is 11.8 Å². The van der Waals surface area contributed by atoms with E-state index in [1.54, 1.807) is 36.4 Å². The predicted octanol–water partition coefficient (Wildman–Crippen LogP) is 4.06. The highest BCUT2D eigenvalue weighted by Gasteiger charge is 2.17. The SMILES string of the molecule is N#CC(C=Nc1ccccc1)C(=O)c1cccc(Cl)c1. The second-order valence-electron chi connectivity index (χ2n) is 4.10. The maximum absolute atomic E-state index is 12.2. The fourth-order valence-electron chi connectivity index (χ4n) is 1.66. The number of carbonyl (C=O) groups excluding carboxylic acids is 1. The van der Waals surface area contributed by atoms with E-state index in [2.05, 4.69) is 4.99 Å². The van der Waals surface area contributed by atoms with Crippen LogP contribution in [0.2, 0.25) is 5.02 Å². The first-order chi connectivity index (χ1) is 9.70. The first-order valence-corrected chi connectivity index (χ1v) is 6.37. The Morgan fingerprint density at radius 1 is 1.20 bits per heavy atom. The van der Waals surface area contributed by atoms with Gasteiger partial charge in [0.2, 0.25) is 0 Å². The van der Waals surface area contributed by atoms with Gasteiger partial charge in [-0.05, 0) is 24.3 Å². The molecule has 0 amide bonds. The Bertz CT molecular complexity index is 674. The van der Waals surface area contributed by atoms with Gasteiger partial charge in [0.1, 0.15) is 5.92 Å². The maximum atomic E-state index is 12.2. The van der Waals surface area contributed by atoms with Crippen LogP contribution in [-0.4, -0.2) is 12.0 Å². The van der Waals surface area contributed by atoms with Gasteiger partial charge in [-0.25, -0.2) is 0 Å². The van der Waals surface area contributed by atoms with Crippen LogP contribution in [0.25, 0.3) is 0 Å². The van der Waals surface area contributed by atoms with Crippen LogP contribution in [0.3, 0.4) is 0 Å². The van der Waals surface area contributed by atoms with Gasteiger partial charge in [-0.1, -0.05) is 41.9 Å². The fraction of sp³-hybridized carbons (Fsp3) is 0.0625. The first kappa shape index (κ1) is 14.0.